The van der Waals surface area contributed by atoms with E-state index in [1.54, 1.807) is 18.2 Å². The van der Waals surface area contributed by atoms with E-state index in [9.17, 15) is 9.59 Å². The lowest BCUT2D eigenvalue weighted by atomic mass is 10.0. The molecular formula is C26H30N2O4. The number of ether oxygens (including phenoxy) is 2. The Kier molecular flexibility index (Phi) is 7.71. The fourth-order valence-corrected chi connectivity index (χ4v) is 3.26. The summed E-state index contributed by atoms with van der Waals surface area (Å²) in [7, 11) is 0. The van der Waals surface area contributed by atoms with Gasteiger partial charge in [0.1, 0.15) is 17.2 Å². The molecule has 168 valence electrons. The van der Waals surface area contributed by atoms with E-state index in [1.165, 1.54) is 4.90 Å². The van der Waals surface area contributed by atoms with Crippen molar-refractivity contribution in [1.82, 2.24) is 4.90 Å². The van der Waals surface area contributed by atoms with Gasteiger partial charge in [0.2, 0.25) is 0 Å². The molecule has 0 spiro atoms. The largest absolute Gasteiger partial charge is 0.494 e. The zero-order chi connectivity index (χ0) is 23.1. The van der Waals surface area contributed by atoms with Crippen LogP contribution in [0.15, 0.2) is 66.9 Å². The summed E-state index contributed by atoms with van der Waals surface area (Å²) in [4.78, 5) is 27.4. The van der Waals surface area contributed by atoms with Crippen molar-refractivity contribution in [2.24, 2.45) is 5.92 Å². The summed E-state index contributed by atoms with van der Waals surface area (Å²) in [5.74, 6) is 1.09. The highest BCUT2D eigenvalue weighted by molar-refractivity contribution is 6.36. The molecule has 1 aliphatic heterocycles. The fraction of sp³-hybridized carbons (Fsp3) is 0.308. The number of carbonyl (C=O) groups excluding carboxylic acids is 2. The van der Waals surface area contributed by atoms with E-state index in [1.807, 2.05) is 43.3 Å². The maximum absolute atomic E-state index is 13.1. The van der Waals surface area contributed by atoms with Gasteiger partial charge in [-0.2, -0.15) is 0 Å². The van der Waals surface area contributed by atoms with Crippen LogP contribution < -0.4 is 14.8 Å². The van der Waals surface area contributed by atoms with Crippen LogP contribution in [0.3, 0.4) is 0 Å². The van der Waals surface area contributed by atoms with Crippen molar-refractivity contribution in [1.29, 1.82) is 0 Å². The molecule has 32 heavy (non-hydrogen) atoms. The highest BCUT2D eigenvalue weighted by Gasteiger charge is 2.38. The molecule has 0 fully saturated rings. The molecule has 0 bridgehead atoms. The third-order valence-corrected chi connectivity index (χ3v) is 4.78. The zero-order valence-electron chi connectivity index (χ0n) is 18.9. The Balaban J connectivity index is 1.93. The Labute approximate surface area is 189 Å². The van der Waals surface area contributed by atoms with Gasteiger partial charge in [0.15, 0.2) is 0 Å². The lowest BCUT2D eigenvalue weighted by Gasteiger charge is -2.13. The molecule has 0 unspecified atom stereocenters. The molecule has 1 heterocycles. The molecule has 6 nitrogen and oxygen atoms in total. The molecule has 2 amide bonds. The molecule has 3 rings (SSSR count). The van der Waals surface area contributed by atoms with E-state index in [4.69, 9.17) is 9.47 Å². The summed E-state index contributed by atoms with van der Waals surface area (Å²) in [5, 5.41) is 3.15. The first-order valence-electron chi connectivity index (χ1n) is 10.9. The van der Waals surface area contributed by atoms with E-state index >= 15 is 0 Å². The number of amides is 2. The van der Waals surface area contributed by atoms with Gasteiger partial charge in [0.25, 0.3) is 11.8 Å². The van der Waals surface area contributed by atoms with Crippen LogP contribution in [-0.2, 0) is 9.59 Å². The van der Waals surface area contributed by atoms with E-state index in [2.05, 4.69) is 25.7 Å². The number of hydrogen-bond donors (Lipinski definition) is 1. The molecule has 1 N–H and O–H groups in total. The standard InChI is InChI=1S/C26H30N2O4/c1-5-14-28-25(29)23(19-10-12-21(13-11-19)32-17-18(3)4)24(26(28)30)27-20-8-7-9-22(16-20)31-15-6-2/h5,7-13,16,18,27H,1,6,14-15,17H2,2-4H3. The predicted octanol–water partition coefficient (Wildman–Crippen LogP) is 4.89. The Bertz CT molecular complexity index is 1010. The molecule has 0 saturated heterocycles. The number of carbonyl (C=O) groups is 2. The highest BCUT2D eigenvalue weighted by atomic mass is 16.5. The molecule has 0 saturated carbocycles. The Morgan fingerprint density at radius 3 is 2.44 bits per heavy atom. The Morgan fingerprint density at radius 2 is 1.78 bits per heavy atom. The Morgan fingerprint density at radius 1 is 1.03 bits per heavy atom. The number of nitrogens with zero attached hydrogens (tertiary/aromatic N) is 1. The number of imide groups is 1. The summed E-state index contributed by atoms with van der Waals surface area (Å²) in [6, 6.07) is 14.6. The van der Waals surface area contributed by atoms with Crippen LogP contribution in [-0.4, -0.2) is 36.5 Å². The fourth-order valence-electron chi connectivity index (χ4n) is 3.26. The van der Waals surface area contributed by atoms with Crippen LogP contribution in [0.5, 0.6) is 11.5 Å². The summed E-state index contributed by atoms with van der Waals surface area (Å²) in [5.41, 5.74) is 1.88. The van der Waals surface area contributed by atoms with Gasteiger partial charge in [-0.3, -0.25) is 14.5 Å². The minimum absolute atomic E-state index is 0.140. The van der Waals surface area contributed by atoms with Crippen LogP contribution >= 0.6 is 0 Å². The van der Waals surface area contributed by atoms with Crippen molar-refractivity contribution in [3.8, 4) is 11.5 Å². The lowest BCUT2D eigenvalue weighted by molar-refractivity contribution is -0.136. The van der Waals surface area contributed by atoms with Gasteiger partial charge in [0.05, 0.1) is 18.8 Å². The number of rotatable bonds is 11. The molecule has 2 aromatic rings. The minimum atomic E-state index is -0.384. The van der Waals surface area contributed by atoms with Crippen molar-refractivity contribution < 1.29 is 19.1 Å². The number of hydrogen-bond acceptors (Lipinski definition) is 5. The maximum Gasteiger partial charge on any atom is 0.278 e. The second-order valence-electron chi connectivity index (χ2n) is 7.99. The van der Waals surface area contributed by atoms with Gasteiger partial charge in [0, 0.05) is 18.3 Å². The summed E-state index contributed by atoms with van der Waals surface area (Å²) in [6.07, 6.45) is 2.44. The van der Waals surface area contributed by atoms with Gasteiger partial charge < -0.3 is 14.8 Å². The molecule has 0 radical (unpaired) electrons. The summed E-state index contributed by atoms with van der Waals surface area (Å²) >= 11 is 0. The topological polar surface area (TPSA) is 67.9 Å². The third-order valence-electron chi connectivity index (χ3n) is 4.78. The van der Waals surface area contributed by atoms with E-state index < -0.39 is 0 Å². The molecular weight excluding hydrogens is 404 g/mol. The first kappa shape index (κ1) is 23.1. The highest BCUT2D eigenvalue weighted by Crippen LogP contribution is 2.32. The van der Waals surface area contributed by atoms with Crippen LogP contribution in [0.2, 0.25) is 0 Å². The van der Waals surface area contributed by atoms with Crippen molar-refractivity contribution in [3.05, 3.63) is 72.4 Å². The van der Waals surface area contributed by atoms with Gasteiger partial charge in [-0.05, 0) is 42.2 Å². The SMILES string of the molecule is C=CCN1C(=O)C(Nc2cccc(OCCC)c2)=C(c2ccc(OCC(C)C)cc2)C1=O. The monoisotopic (exact) mass is 434 g/mol. The molecule has 0 aliphatic carbocycles. The average Bonchev–Trinajstić information content (AvgIpc) is 3.01. The first-order valence-corrected chi connectivity index (χ1v) is 10.9. The zero-order valence-corrected chi connectivity index (χ0v) is 18.9. The first-order chi connectivity index (χ1) is 15.4. The average molecular weight is 435 g/mol. The van der Waals surface area contributed by atoms with E-state index in [-0.39, 0.29) is 24.1 Å². The summed E-state index contributed by atoms with van der Waals surface area (Å²) < 4.78 is 11.4. The second-order valence-corrected chi connectivity index (χ2v) is 7.99. The van der Waals surface area contributed by atoms with Crippen LogP contribution in [0, 0.1) is 5.92 Å². The molecule has 6 heteroatoms. The van der Waals surface area contributed by atoms with E-state index in [0.717, 1.165) is 12.2 Å². The van der Waals surface area contributed by atoms with Crippen molar-refractivity contribution in [2.75, 3.05) is 25.1 Å². The molecule has 0 atom stereocenters. The van der Waals surface area contributed by atoms with E-state index in [0.29, 0.717) is 41.7 Å². The van der Waals surface area contributed by atoms with Crippen LogP contribution in [0.25, 0.3) is 5.57 Å². The number of anilines is 1. The van der Waals surface area contributed by atoms with Crippen molar-refractivity contribution in [3.63, 3.8) is 0 Å². The van der Waals surface area contributed by atoms with Crippen molar-refractivity contribution in [2.45, 2.75) is 27.2 Å². The minimum Gasteiger partial charge on any atom is -0.494 e. The van der Waals surface area contributed by atoms with Crippen LogP contribution in [0.1, 0.15) is 32.8 Å². The molecule has 0 aromatic heterocycles. The predicted molar refractivity (Wildman–Crippen MR) is 126 cm³/mol. The maximum atomic E-state index is 13.1. The molecule has 2 aromatic carbocycles. The quantitative estimate of drug-likeness (QED) is 0.403. The van der Waals surface area contributed by atoms with Crippen molar-refractivity contribution >= 4 is 23.1 Å². The number of benzene rings is 2. The van der Waals surface area contributed by atoms with Gasteiger partial charge in [-0.25, -0.2) is 0 Å². The van der Waals surface area contributed by atoms with Gasteiger partial charge >= 0.3 is 0 Å². The third kappa shape index (κ3) is 5.38. The normalized spacial score (nSPS) is 13.7. The van der Waals surface area contributed by atoms with Crippen LogP contribution in [0.4, 0.5) is 5.69 Å². The Hall–Kier alpha value is -3.54. The second kappa shape index (κ2) is 10.7. The van der Waals surface area contributed by atoms with Gasteiger partial charge in [-0.15, -0.1) is 6.58 Å². The smallest absolute Gasteiger partial charge is 0.278 e. The number of nitrogens with one attached hydrogen (secondary N) is 1. The summed E-state index contributed by atoms with van der Waals surface area (Å²) in [6.45, 7) is 11.2. The molecule has 1 aliphatic rings. The van der Waals surface area contributed by atoms with Gasteiger partial charge in [-0.1, -0.05) is 45.0 Å². The lowest BCUT2D eigenvalue weighted by Crippen LogP contribution is -2.32.